The highest BCUT2D eigenvalue weighted by atomic mass is 16.5. The lowest BCUT2D eigenvalue weighted by atomic mass is 9.94. The molecule has 0 aliphatic carbocycles. The van der Waals surface area contributed by atoms with Crippen molar-refractivity contribution in [3.63, 3.8) is 0 Å². The quantitative estimate of drug-likeness (QED) is 0.800. The fourth-order valence-corrected chi connectivity index (χ4v) is 1.98. The van der Waals surface area contributed by atoms with Crippen LogP contribution in [0.5, 0.6) is 11.5 Å². The maximum atomic E-state index is 12.5. The van der Waals surface area contributed by atoms with Gasteiger partial charge >= 0.3 is 0 Å². The van der Waals surface area contributed by atoms with Crippen LogP contribution in [0.2, 0.25) is 0 Å². The lowest BCUT2D eigenvalue weighted by Crippen LogP contribution is -2.46. The molecule has 20 heavy (non-hydrogen) atoms. The second-order valence-electron chi connectivity index (χ2n) is 4.97. The molecule has 0 fully saturated rings. The largest absolute Gasteiger partial charge is 0.497 e. The molecule has 0 heterocycles. The van der Waals surface area contributed by atoms with E-state index in [1.54, 1.807) is 25.3 Å². The third-order valence-corrected chi connectivity index (χ3v) is 3.54. The van der Waals surface area contributed by atoms with Gasteiger partial charge in [0.25, 0.3) is 5.91 Å². The summed E-state index contributed by atoms with van der Waals surface area (Å²) >= 11 is 0. The van der Waals surface area contributed by atoms with Crippen LogP contribution in [0.15, 0.2) is 18.2 Å². The molecule has 0 aliphatic rings. The van der Waals surface area contributed by atoms with Gasteiger partial charge < -0.3 is 20.5 Å². The van der Waals surface area contributed by atoms with Crippen LogP contribution >= 0.6 is 0 Å². The molecular weight excluding hydrogens is 256 g/mol. The summed E-state index contributed by atoms with van der Waals surface area (Å²) in [5.41, 5.74) is 5.75. The Bertz CT molecular complexity index is 462. The van der Waals surface area contributed by atoms with Crippen molar-refractivity contribution in [3.8, 4) is 11.5 Å². The predicted molar refractivity (Wildman–Crippen MR) is 79.4 cm³/mol. The molecule has 112 valence electrons. The monoisotopic (exact) mass is 280 g/mol. The number of methoxy groups -OCH3 is 2. The molecule has 5 nitrogen and oxygen atoms in total. The van der Waals surface area contributed by atoms with Crippen molar-refractivity contribution in [2.45, 2.75) is 32.2 Å². The van der Waals surface area contributed by atoms with E-state index in [4.69, 9.17) is 15.2 Å². The van der Waals surface area contributed by atoms with E-state index in [0.29, 0.717) is 23.6 Å². The average Bonchev–Trinajstić information content (AvgIpc) is 2.46. The van der Waals surface area contributed by atoms with Crippen molar-refractivity contribution in [1.29, 1.82) is 0 Å². The lowest BCUT2D eigenvalue weighted by molar-refractivity contribution is 0.0896. The highest BCUT2D eigenvalue weighted by Gasteiger charge is 2.25. The standard InChI is InChI=1S/C15H24N2O3/c1-5-15(2,8-9-16)17-14(18)12-10-11(19-3)6-7-13(12)20-4/h6-7,10H,5,8-9,16H2,1-4H3,(H,17,18). The Balaban J connectivity index is 3.01. The van der Waals surface area contributed by atoms with Gasteiger partial charge in [0, 0.05) is 5.54 Å². The van der Waals surface area contributed by atoms with Gasteiger partial charge in [0.2, 0.25) is 0 Å². The smallest absolute Gasteiger partial charge is 0.255 e. The lowest BCUT2D eigenvalue weighted by Gasteiger charge is -2.29. The first-order chi connectivity index (χ1) is 9.49. The van der Waals surface area contributed by atoms with Crippen molar-refractivity contribution >= 4 is 5.91 Å². The van der Waals surface area contributed by atoms with Gasteiger partial charge in [0.1, 0.15) is 11.5 Å². The van der Waals surface area contributed by atoms with Crippen LogP contribution in [-0.2, 0) is 0 Å². The Kier molecular flexibility index (Phi) is 5.82. The fourth-order valence-electron chi connectivity index (χ4n) is 1.98. The molecule has 5 heteroatoms. The molecule has 0 spiro atoms. The van der Waals surface area contributed by atoms with Crippen LogP contribution in [0.25, 0.3) is 0 Å². The van der Waals surface area contributed by atoms with Gasteiger partial charge in [-0.25, -0.2) is 0 Å². The Hall–Kier alpha value is -1.75. The van der Waals surface area contributed by atoms with Crippen LogP contribution in [0.4, 0.5) is 0 Å². The van der Waals surface area contributed by atoms with Crippen LogP contribution in [0, 0.1) is 0 Å². The zero-order valence-electron chi connectivity index (χ0n) is 12.7. The third kappa shape index (κ3) is 3.87. The Morgan fingerprint density at radius 1 is 1.35 bits per heavy atom. The van der Waals surface area contributed by atoms with Gasteiger partial charge in [0.15, 0.2) is 0 Å². The van der Waals surface area contributed by atoms with E-state index in [1.807, 2.05) is 13.8 Å². The molecule has 3 N–H and O–H groups in total. The Morgan fingerprint density at radius 2 is 2.05 bits per heavy atom. The molecule has 0 saturated heterocycles. The Labute approximate surface area is 120 Å². The van der Waals surface area contributed by atoms with Crippen LogP contribution in [0.3, 0.4) is 0 Å². The second-order valence-corrected chi connectivity index (χ2v) is 4.97. The molecule has 1 rings (SSSR count). The molecule has 0 aliphatic heterocycles. The topological polar surface area (TPSA) is 73.6 Å². The first-order valence-electron chi connectivity index (χ1n) is 6.74. The number of nitrogens with one attached hydrogen (secondary N) is 1. The van der Waals surface area contributed by atoms with Gasteiger partial charge in [-0.15, -0.1) is 0 Å². The van der Waals surface area contributed by atoms with Crippen LogP contribution in [-0.4, -0.2) is 32.2 Å². The van der Waals surface area contributed by atoms with E-state index in [0.717, 1.165) is 12.8 Å². The summed E-state index contributed by atoms with van der Waals surface area (Å²) in [5.74, 6) is 0.959. The number of carbonyl (C=O) groups is 1. The van der Waals surface area contributed by atoms with E-state index in [9.17, 15) is 4.79 Å². The molecular formula is C15H24N2O3. The number of rotatable bonds is 7. The molecule has 0 radical (unpaired) electrons. The number of hydrogen-bond donors (Lipinski definition) is 2. The van der Waals surface area contributed by atoms with Crippen molar-refractivity contribution in [3.05, 3.63) is 23.8 Å². The fraction of sp³-hybridized carbons (Fsp3) is 0.533. The molecule has 0 saturated carbocycles. The highest BCUT2D eigenvalue weighted by Crippen LogP contribution is 2.25. The summed E-state index contributed by atoms with van der Waals surface area (Å²) in [7, 11) is 3.10. The molecule has 0 aromatic heterocycles. The molecule has 1 aromatic rings. The predicted octanol–water partition coefficient (Wildman–Crippen LogP) is 1.95. The molecule has 1 unspecified atom stereocenters. The Morgan fingerprint density at radius 3 is 2.55 bits per heavy atom. The number of carbonyl (C=O) groups excluding carboxylic acids is 1. The molecule has 1 atom stereocenters. The van der Waals surface area contributed by atoms with E-state index in [-0.39, 0.29) is 11.4 Å². The normalized spacial score (nSPS) is 13.4. The zero-order valence-corrected chi connectivity index (χ0v) is 12.7. The summed E-state index contributed by atoms with van der Waals surface area (Å²) in [6, 6.07) is 5.15. The average molecular weight is 280 g/mol. The first-order valence-corrected chi connectivity index (χ1v) is 6.74. The van der Waals surface area contributed by atoms with Gasteiger partial charge in [-0.1, -0.05) is 6.92 Å². The number of amides is 1. The summed E-state index contributed by atoms with van der Waals surface area (Å²) in [6.07, 6.45) is 1.53. The summed E-state index contributed by atoms with van der Waals surface area (Å²) in [5, 5.41) is 3.03. The third-order valence-electron chi connectivity index (χ3n) is 3.54. The molecule has 1 amide bonds. The number of benzene rings is 1. The molecule has 1 aromatic carbocycles. The minimum absolute atomic E-state index is 0.182. The number of hydrogen-bond acceptors (Lipinski definition) is 4. The van der Waals surface area contributed by atoms with Gasteiger partial charge in [-0.05, 0) is 44.5 Å². The number of ether oxygens (including phenoxy) is 2. The second kappa shape index (κ2) is 7.14. The number of nitrogens with two attached hydrogens (primary N) is 1. The van der Waals surface area contributed by atoms with Crippen molar-refractivity contribution in [1.82, 2.24) is 5.32 Å². The minimum atomic E-state index is -0.320. The van der Waals surface area contributed by atoms with Crippen molar-refractivity contribution in [2.24, 2.45) is 5.73 Å². The molecule has 0 bridgehead atoms. The SMILES string of the molecule is CCC(C)(CCN)NC(=O)c1cc(OC)ccc1OC. The summed E-state index contributed by atoms with van der Waals surface area (Å²) in [4.78, 5) is 12.5. The summed E-state index contributed by atoms with van der Waals surface area (Å²) in [6.45, 7) is 4.54. The van der Waals surface area contributed by atoms with E-state index in [1.165, 1.54) is 7.11 Å². The zero-order chi connectivity index (χ0) is 15.2. The van der Waals surface area contributed by atoms with E-state index < -0.39 is 0 Å². The van der Waals surface area contributed by atoms with Crippen LogP contribution < -0.4 is 20.5 Å². The maximum absolute atomic E-state index is 12.5. The van der Waals surface area contributed by atoms with Gasteiger partial charge in [0.05, 0.1) is 19.8 Å². The maximum Gasteiger partial charge on any atom is 0.255 e. The summed E-state index contributed by atoms with van der Waals surface area (Å²) < 4.78 is 10.4. The minimum Gasteiger partial charge on any atom is -0.497 e. The first kappa shape index (κ1) is 16.3. The van der Waals surface area contributed by atoms with Crippen molar-refractivity contribution < 1.29 is 14.3 Å². The van der Waals surface area contributed by atoms with Gasteiger partial charge in [-0.3, -0.25) is 4.79 Å². The van der Waals surface area contributed by atoms with Crippen molar-refractivity contribution in [2.75, 3.05) is 20.8 Å². The highest BCUT2D eigenvalue weighted by molar-refractivity contribution is 5.97. The van der Waals surface area contributed by atoms with Gasteiger partial charge in [-0.2, -0.15) is 0 Å². The van der Waals surface area contributed by atoms with Crippen LogP contribution in [0.1, 0.15) is 37.0 Å². The van der Waals surface area contributed by atoms with E-state index >= 15 is 0 Å². The van der Waals surface area contributed by atoms with E-state index in [2.05, 4.69) is 5.32 Å².